The van der Waals surface area contributed by atoms with Gasteiger partial charge in [0, 0.05) is 18.7 Å². The molecular weight excluding hydrogens is 372 g/mol. The molecule has 3 rings (SSSR count). The third-order valence-electron chi connectivity index (χ3n) is 4.35. The van der Waals surface area contributed by atoms with Crippen LogP contribution in [0.5, 0.6) is 0 Å². The van der Waals surface area contributed by atoms with Crippen LogP contribution >= 0.6 is 0 Å². The molecule has 1 saturated heterocycles. The van der Waals surface area contributed by atoms with E-state index in [1.807, 2.05) is 30.3 Å². The summed E-state index contributed by atoms with van der Waals surface area (Å²) in [5, 5.41) is 10.6. The molecule has 0 unspecified atom stereocenters. The molecule has 1 heterocycles. The minimum Gasteiger partial charge on any atom is -0.461 e. The summed E-state index contributed by atoms with van der Waals surface area (Å²) in [6, 6.07) is 14.1. The number of carbonyl (C=O) groups excluding carboxylic acids is 1. The first-order valence-corrected chi connectivity index (χ1v) is 9.82. The van der Waals surface area contributed by atoms with Crippen molar-refractivity contribution in [3.05, 3.63) is 70.3 Å². The van der Waals surface area contributed by atoms with Crippen LogP contribution in [-0.4, -0.2) is 32.0 Å². The molecule has 142 valence electrons. The zero-order valence-corrected chi connectivity index (χ0v) is 15.1. The van der Waals surface area contributed by atoms with E-state index < -0.39 is 21.1 Å². The molecule has 2 aromatic carbocycles. The Hall–Kier alpha value is -2.78. The Labute approximate surface area is 156 Å². The van der Waals surface area contributed by atoms with E-state index in [9.17, 15) is 23.3 Å². The second kappa shape index (κ2) is 7.85. The number of benzene rings is 2. The van der Waals surface area contributed by atoms with E-state index in [-0.39, 0.29) is 29.0 Å². The molecule has 0 radical (unpaired) electrons. The molecule has 1 aliphatic heterocycles. The minimum absolute atomic E-state index is 0.0453. The normalized spacial score (nSPS) is 19.6. The predicted octanol–water partition coefficient (Wildman–Crippen LogP) is 2.05. The molecule has 0 aliphatic carbocycles. The highest BCUT2D eigenvalue weighted by Crippen LogP contribution is 2.25. The average molecular weight is 390 g/mol. The molecule has 0 saturated carbocycles. The minimum atomic E-state index is -3.85. The van der Waals surface area contributed by atoms with Gasteiger partial charge in [-0.2, -0.15) is 0 Å². The first kappa shape index (κ1) is 19.0. The Morgan fingerprint density at radius 2 is 1.78 bits per heavy atom. The van der Waals surface area contributed by atoms with Crippen molar-refractivity contribution in [2.75, 3.05) is 6.54 Å². The summed E-state index contributed by atoms with van der Waals surface area (Å²) in [4.78, 5) is 22.0. The maximum Gasteiger partial charge on any atom is 0.309 e. The standard InChI is InChI=1S/C18H18N2O6S/c21-18-14(10-13-4-2-1-3-5-13)11-16(26-18)12-19-27(24,25)17-8-6-15(7-9-17)20(22)23/h1-9,14,16,19H,10-12H2/t14-,16+/m1/s1. The van der Waals surface area contributed by atoms with Gasteiger partial charge in [-0.05, 0) is 30.5 Å². The molecule has 2 atom stereocenters. The van der Waals surface area contributed by atoms with Gasteiger partial charge in [-0.25, -0.2) is 13.1 Å². The van der Waals surface area contributed by atoms with Crippen LogP contribution in [0, 0.1) is 16.0 Å². The number of hydrogen-bond acceptors (Lipinski definition) is 6. The van der Waals surface area contributed by atoms with E-state index in [1.165, 1.54) is 12.1 Å². The molecule has 1 N–H and O–H groups in total. The fourth-order valence-electron chi connectivity index (χ4n) is 2.95. The van der Waals surface area contributed by atoms with Crippen LogP contribution in [0.2, 0.25) is 0 Å². The summed E-state index contributed by atoms with van der Waals surface area (Å²) in [5.74, 6) is -0.639. The largest absolute Gasteiger partial charge is 0.461 e. The monoisotopic (exact) mass is 390 g/mol. The Kier molecular flexibility index (Phi) is 5.52. The Balaban J connectivity index is 1.58. The number of nitrogens with one attached hydrogen (secondary N) is 1. The number of sulfonamides is 1. The van der Waals surface area contributed by atoms with Crippen molar-refractivity contribution in [3.8, 4) is 0 Å². The summed E-state index contributed by atoms with van der Waals surface area (Å²) in [6.07, 6.45) is 0.431. The lowest BCUT2D eigenvalue weighted by molar-refractivity contribution is -0.384. The fraction of sp³-hybridized carbons (Fsp3) is 0.278. The third kappa shape index (κ3) is 4.69. The van der Waals surface area contributed by atoms with Crippen molar-refractivity contribution in [2.45, 2.75) is 23.8 Å². The summed E-state index contributed by atoms with van der Waals surface area (Å²) >= 11 is 0. The Morgan fingerprint density at radius 3 is 2.41 bits per heavy atom. The lowest BCUT2D eigenvalue weighted by Crippen LogP contribution is -2.32. The van der Waals surface area contributed by atoms with Crippen molar-refractivity contribution in [1.29, 1.82) is 0 Å². The van der Waals surface area contributed by atoms with Gasteiger partial charge in [0.25, 0.3) is 5.69 Å². The molecule has 0 amide bonds. The fourth-order valence-corrected chi connectivity index (χ4v) is 4.01. The number of non-ortho nitro benzene ring substituents is 1. The second-order valence-electron chi connectivity index (χ2n) is 6.28. The molecule has 1 aliphatic rings. The first-order chi connectivity index (χ1) is 12.8. The predicted molar refractivity (Wildman–Crippen MR) is 96.4 cm³/mol. The molecule has 2 aromatic rings. The van der Waals surface area contributed by atoms with Gasteiger partial charge in [0.05, 0.1) is 15.7 Å². The molecule has 27 heavy (non-hydrogen) atoms. The number of rotatable bonds is 7. The second-order valence-corrected chi connectivity index (χ2v) is 8.05. The summed E-state index contributed by atoms with van der Waals surface area (Å²) in [7, 11) is -3.85. The number of nitrogens with zero attached hydrogens (tertiary/aromatic N) is 1. The first-order valence-electron chi connectivity index (χ1n) is 8.34. The average Bonchev–Trinajstić information content (AvgIpc) is 3.01. The van der Waals surface area contributed by atoms with Crippen molar-refractivity contribution < 1.29 is 22.9 Å². The van der Waals surface area contributed by atoms with Gasteiger partial charge in [-0.15, -0.1) is 0 Å². The molecule has 1 fully saturated rings. The van der Waals surface area contributed by atoms with Crippen molar-refractivity contribution in [1.82, 2.24) is 4.72 Å². The topological polar surface area (TPSA) is 116 Å². The number of carbonyl (C=O) groups is 1. The molecule has 0 aromatic heterocycles. The number of nitro groups is 1. The van der Waals surface area contributed by atoms with Gasteiger partial charge in [0.1, 0.15) is 6.10 Å². The van der Waals surface area contributed by atoms with Crippen LogP contribution in [0.25, 0.3) is 0 Å². The molecular formula is C18H18N2O6S. The van der Waals surface area contributed by atoms with E-state index in [0.29, 0.717) is 12.8 Å². The number of ether oxygens (including phenoxy) is 1. The summed E-state index contributed by atoms with van der Waals surface area (Å²) in [5.41, 5.74) is 0.828. The maximum absolute atomic E-state index is 12.3. The van der Waals surface area contributed by atoms with Crippen molar-refractivity contribution in [3.63, 3.8) is 0 Å². The van der Waals surface area contributed by atoms with E-state index in [1.54, 1.807) is 0 Å². The van der Waals surface area contributed by atoms with Crippen LogP contribution in [0.3, 0.4) is 0 Å². The Bertz CT molecular complexity index is 928. The Morgan fingerprint density at radius 1 is 1.11 bits per heavy atom. The van der Waals surface area contributed by atoms with Crippen molar-refractivity contribution >= 4 is 21.7 Å². The highest BCUT2D eigenvalue weighted by Gasteiger charge is 2.35. The number of cyclic esters (lactones) is 1. The van der Waals surface area contributed by atoms with Crippen LogP contribution in [0.4, 0.5) is 5.69 Å². The molecule has 0 bridgehead atoms. The van der Waals surface area contributed by atoms with Crippen molar-refractivity contribution in [2.24, 2.45) is 5.92 Å². The third-order valence-corrected chi connectivity index (χ3v) is 5.79. The van der Waals surface area contributed by atoms with Gasteiger partial charge in [-0.1, -0.05) is 30.3 Å². The van der Waals surface area contributed by atoms with Gasteiger partial charge >= 0.3 is 5.97 Å². The zero-order chi connectivity index (χ0) is 19.4. The van der Waals surface area contributed by atoms with E-state index in [2.05, 4.69) is 4.72 Å². The molecule has 9 heteroatoms. The molecule has 0 spiro atoms. The van der Waals surface area contributed by atoms with Gasteiger partial charge in [-0.3, -0.25) is 14.9 Å². The van der Waals surface area contributed by atoms with E-state index in [4.69, 9.17) is 4.74 Å². The van der Waals surface area contributed by atoms with Gasteiger partial charge in [0.2, 0.25) is 10.0 Å². The lowest BCUT2D eigenvalue weighted by atomic mass is 9.96. The molecule has 8 nitrogen and oxygen atoms in total. The van der Waals surface area contributed by atoms with E-state index in [0.717, 1.165) is 17.7 Å². The highest BCUT2D eigenvalue weighted by atomic mass is 32.2. The van der Waals surface area contributed by atoms with Gasteiger partial charge < -0.3 is 4.74 Å². The van der Waals surface area contributed by atoms with Crippen LogP contribution in [0.15, 0.2) is 59.5 Å². The lowest BCUT2D eigenvalue weighted by Gasteiger charge is -2.11. The SMILES string of the molecule is O=C1O[C@H](CNS(=O)(=O)c2ccc([N+](=O)[O-])cc2)C[C@H]1Cc1ccccc1. The van der Waals surface area contributed by atoms with E-state index >= 15 is 0 Å². The maximum atomic E-state index is 12.3. The van der Waals surface area contributed by atoms with Crippen LogP contribution < -0.4 is 4.72 Å². The quantitative estimate of drug-likeness (QED) is 0.439. The number of esters is 1. The smallest absolute Gasteiger partial charge is 0.309 e. The van der Waals surface area contributed by atoms with Crippen LogP contribution in [-0.2, 0) is 26.0 Å². The highest BCUT2D eigenvalue weighted by molar-refractivity contribution is 7.89. The summed E-state index contributed by atoms with van der Waals surface area (Å²) in [6.45, 7) is -0.0453. The summed E-state index contributed by atoms with van der Waals surface area (Å²) < 4.78 is 32.3. The number of nitro benzene ring substituents is 1. The number of hydrogen-bond donors (Lipinski definition) is 1. The zero-order valence-electron chi connectivity index (χ0n) is 14.3. The van der Waals surface area contributed by atoms with Crippen LogP contribution in [0.1, 0.15) is 12.0 Å². The van der Waals surface area contributed by atoms with Gasteiger partial charge in [0.15, 0.2) is 0 Å².